The van der Waals surface area contributed by atoms with E-state index in [1.165, 1.54) is 38.5 Å². The van der Waals surface area contributed by atoms with Crippen molar-refractivity contribution in [2.45, 2.75) is 90.6 Å². The van der Waals surface area contributed by atoms with Crippen LogP contribution in [0.25, 0.3) is 0 Å². The van der Waals surface area contributed by atoms with Gasteiger partial charge in [0.2, 0.25) is 0 Å². The molecule has 0 radical (unpaired) electrons. The molecule has 0 heterocycles. The number of carbonyl (C=O) groups is 1. The summed E-state index contributed by atoms with van der Waals surface area (Å²) in [7, 11) is 0. The van der Waals surface area contributed by atoms with Gasteiger partial charge in [0.25, 0.3) is 0 Å². The lowest BCUT2D eigenvalue weighted by Gasteiger charge is -2.47. The van der Waals surface area contributed by atoms with Crippen LogP contribution in [-0.2, 0) is 9.53 Å². The molecule has 4 bridgehead atoms. The summed E-state index contributed by atoms with van der Waals surface area (Å²) in [5, 5.41) is 0. The highest BCUT2D eigenvalue weighted by atomic mass is 16.6. The van der Waals surface area contributed by atoms with E-state index in [0.29, 0.717) is 11.3 Å². The molecule has 5 rings (SSSR count). The molecule has 2 heteroatoms. The first-order valence-corrected chi connectivity index (χ1v) is 11.2. The van der Waals surface area contributed by atoms with E-state index in [1.807, 2.05) is 0 Å². The number of fused-ring (bicyclic) bond motifs is 6. The van der Waals surface area contributed by atoms with Crippen LogP contribution in [0.5, 0.6) is 0 Å². The molecule has 0 saturated heterocycles. The first-order valence-electron chi connectivity index (χ1n) is 11.2. The van der Waals surface area contributed by atoms with Crippen molar-refractivity contribution < 1.29 is 9.53 Å². The van der Waals surface area contributed by atoms with Crippen molar-refractivity contribution in [2.24, 2.45) is 46.8 Å². The first kappa shape index (κ1) is 16.6. The minimum atomic E-state index is -0.104. The van der Waals surface area contributed by atoms with E-state index in [4.69, 9.17) is 4.74 Å². The standard InChI is InChI=1S/C23H36O2/c1-4-22(7-5-6-8-22)25-21(24)19-11-18-9-17(19)13-23(18)12-16-10-20(23)15(3)14(16)2/h14-20H,4-13H2,1-3H3. The van der Waals surface area contributed by atoms with Gasteiger partial charge in [0, 0.05) is 0 Å². The van der Waals surface area contributed by atoms with Crippen molar-refractivity contribution in [3.63, 3.8) is 0 Å². The monoisotopic (exact) mass is 344 g/mol. The Labute approximate surface area is 153 Å². The van der Waals surface area contributed by atoms with Crippen LogP contribution in [0, 0.1) is 46.8 Å². The molecule has 5 saturated carbocycles. The van der Waals surface area contributed by atoms with E-state index in [1.54, 1.807) is 0 Å². The topological polar surface area (TPSA) is 26.3 Å². The maximum Gasteiger partial charge on any atom is 0.309 e. The molecule has 8 unspecified atom stereocenters. The van der Waals surface area contributed by atoms with Crippen LogP contribution >= 0.6 is 0 Å². The normalized spacial score (nSPS) is 52.4. The quantitative estimate of drug-likeness (QED) is 0.623. The van der Waals surface area contributed by atoms with E-state index in [9.17, 15) is 4.79 Å². The largest absolute Gasteiger partial charge is 0.459 e. The first-order chi connectivity index (χ1) is 12.0. The third-order valence-electron chi connectivity index (χ3n) is 10.1. The minimum Gasteiger partial charge on any atom is -0.459 e. The molecule has 8 atom stereocenters. The molecule has 5 aliphatic carbocycles. The molecular formula is C23H36O2. The SMILES string of the molecule is CCC1(OC(=O)C2CC3CC2CC32CC3CC2C(C)C3C)CCCC1. The van der Waals surface area contributed by atoms with Gasteiger partial charge >= 0.3 is 5.97 Å². The fourth-order valence-corrected chi connectivity index (χ4v) is 8.52. The van der Waals surface area contributed by atoms with Crippen molar-refractivity contribution >= 4 is 5.97 Å². The smallest absolute Gasteiger partial charge is 0.309 e. The second-order valence-corrected chi connectivity index (χ2v) is 10.7. The van der Waals surface area contributed by atoms with Crippen LogP contribution in [0.3, 0.4) is 0 Å². The third-order valence-corrected chi connectivity index (χ3v) is 10.1. The maximum absolute atomic E-state index is 13.0. The van der Waals surface area contributed by atoms with Gasteiger partial charge in [0.1, 0.15) is 5.60 Å². The highest BCUT2D eigenvalue weighted by Crippen LogP contribution is 2.73. The summed E-state index contributed by atoms with van der Waals surface area (Å²) in [6.07, 6.45) is 12.4. The van der Waals surface area contributed by atoms with Crippen molar-refractivity contribution in [3.8, 4) is 0 Å². The Bertz CT molecular complexity index is 560. The summed E-state index contributed by atoms with van der Waals surface area (Å²) >= 11 is 0. The molecule has 0 aromatic heterocycles. The molecule has 0 amide bonds. The predicted octanol–water partition coefficient (Wildman–Crippen LogP) is 5.60. The Balaban J connectivity index is 1.28. The van der Waals surface area contributed by atoms with Crippen molar-refractivity contribution in [1.29, 1.82) is 0 Å². The Kier molecular flexibility index (Phi) is 3.65. The molecule has 0 aromatic rings. The zero-order valence-electron chi connectivity index (χ0n) is 16.4. The molecule has 0 N–H and O–H groups in total. The summed E-state index contributed by atoms with van der Waals surface area (Å²) < 4.78 is 6.20. The molecular weight excluding hydrogens is 308 g/mol. The summed E-state index contributed by atoms with van der Waals surface area (Å²) in [5.74, 6) is 5.63. The van der Waals surface area contributed by atoms with Gasteiger partial charge in [-0.05, 0) is 105 Å². The van der Waals surface area contributed by atoms with E-state index < -0.39 is 0 Å². The molecule has 25 heavy (non-hydrogen) atoms. The van der Waals surface area contributed by atoms with Gasteiger partial charge in [0.05, 0.1) is 5.92 Å². The zero-order valence-corrected chi connectivity index (χ0v) is 16.4. The Morgan fingerprint density at radius 3 is 2.28 bits per heavy atom. The van der Waals surface area contributed by atoms with Crippen molar-refractivity contribution in [2.75, 3.05) is 0 Å². The van der Waals surface area contributed by atoms with Crippen LogP contribution in [0.2, 0.25) is 0 Å². The average Bonchev–Trinajstić information content (AvgIpc) is 3.38. The van der Waals surface area contributed by atoms with Crippen molar-refractivity contribution in [3.05, 3.63) is 0 Å². The molecule has 5 aliphatic rings. The predicted molar refractivity (Wildman–Crippen MR) is 98.9 cm³/mol. The average molecular weight is 345 g/mol. The molecule has 5 fully saturated rings. The summed E-state index contributed by atoms with van der Waals surface area (Å²) in [6, 6.07) is 0. The van der Waals surface area contributed by atoms with Gasteiger partial charge in [-0.15, -0.1) is 0 Å². The molecule has 0 aliphatic heterocycles. The van der Waals surface area contributed by atoms with Crippen LogP contribution in [0.15, 0.2) is 0 Å². The maximum atomic E-state index is 13.0. The molecule has 2 nitrogen and oxygen atoms in total. The summed E-state index contributed by atoms with van der Waals surface area (Å²) in [5.41, 5.74) is 0.515. The van der Waals surface area contributed by atoms with Crippen LogP contribution < -0.4 is 0 Å². The highest BCUT2D eigenvalue weighted by Gasteiger charge is 2.66. The van der Waals surface area contributed by atoms with Crippen LogP contribution in [0.4, 0.5) is 0 Å². The highest BCUT2D eigenvalue weighted by molar-refractivity contribution is 5.74. The number of carbonyl (C=O) groups excluding carboxylic acids is 1. The van der Waals surface area contributed by atoms with Crippen LogP contribution in [0.1, 0.15) is 85.0 Å². The number of hydrogen-bond acceptors (Lipinski definition) is 2. The Hall–Kier alpha value is -0.530. The van der Waals surface area contributed by atoms with Gasteiger partial charge in [0.15, 0.2) is 0 Å². The van der Waals surface area contributed by atoms with Crippen molar-refractivity contribution in [1.82, 2.24) is 0 Å². The van der Waals surface area contributed by atoms with Gasteiger partial charge in [-0.25, -0.2) is 0 Å². The summed E-state index contributed by atoms with van der Waals surface area (Å²) in [6.45, 7) is 7.20. The van der Waals surface area contributed by atoms with Gasteiger partial charge in [-0.2, -0.15) is 0 Å². The lowest BCUT2D eigenvalue weighted by atomic mass is 9.58. The van der Waals surface area contributed by atoms with Gasteiger partial charge in [-0.3, -0.25) is 4.79 Å². The van der Waals surface area contributed by atoms with E-state index in [0.717, 1.165) is 55.3 Å². The third kappa shape index (κ3) is 2.18. The van der Waals surface area contributed by atoms with Crippen LogP contribution in [-0.4, -0.2) is 11.6 Å². The van der Waals surface area contributed by atoms with E-state index >= 15 is 0 Å². The summed E-state index contributed by atoms with van der Waals surface area (Å²) in [4.78, 5) is 13.0. The fourth-order valence-electron chi connectivity index (χ4n) is 8.52. The molecule has 140 valence electrons. The lowest BCUT2D eigenvalue weighted by molar-refractivity contribution is -0.168. The fraction of sp³-hybridized carbons (Fsp3) is 0.957. The second-order valence-electron chi connectivity index (χ2n) is 10.7. The van der Waals surface area contributed by atoms with Gasteiger partial charge in [-0.1, -0.05) is 20.8 Å². The minimum absolute atomic E-state index is 0.104. The number of esters is 1. The second kappa shape index (κ2) is 5.49. The van der Waals surface area contributed by atoms with Gasteiger partial charge < -0.3 is 4.74 Å². The Morgan fingerprint density at radius 2 is 1.72 bits per heavy atom. The lowest BCUT2D eigenvalue weighted by Crippen LogP contribution is -2.43. The Morgan fingerprint density at radius 1 is 1.00 bits per heavy atom. The molecule has 1 spiro atoms. The van der Waals surface area contributed by atoms with E-state index in [-0.39, 0.29) is 17.5 Å². The number of rotatable bonds is 3. The number of hydrogen-bond donors (Lipinski definition) is 0. The molecule has 0 aromatic carbocycles. The zero-order chi connectivity index (χ0) is 17.4. The van der Waals surface area contributed by atoms with E-state index in [2.05, 4.69) is 20.8 Å². The number of ether oxygens (including phenoxy) is 1.